The normalized spacial score (nSPS) is 10.6. The van der Waals surface area contributed by atoms with E-state index >= 15 is 0 Å². The molecule has 1 heterocycles. The monoisotopic (exact) mass is 333 g/mol. The van der Waals surface area contributed by atoms with E-state index in [0.29, 0.717) is 4.34 Å². The summed E-state index contributed by atoms with van der Waals surface area (Å²) in [6.45, 7) is 0. The Morgan fingerprint density at radius 3 is 2.80 bits per heavy atom. The van der Waals surface area contributed by atoms with Crippen LogP contribution in [0.25, 0.3) is 0 Å². The summed E-state index contributed by atoms with van der Waals surface area (Å²) in [6, 6.07) is 2.90. The predicted octanol–water partition coefficient (Wildman–Crippen LogP) is 3.27. The van der Waals surface area contributed by atoms with Crippen LogP contribution in [0.3, 0.4) is 0 Å². The maximum absolute atomic E-state index is 13.3. The Labute approximate surface area is 126 Å². The van der Waals surface area contributed by atoms with Gasteiger partial charge in [-0.2, -0.15) is 0 Å². The standard InChI is InChI=1S/C11H9F2N3OS3/c1-18-10-15-16-11(20-10)19-5-9(17)14-8-4-6(12)2-3-7(8)13/h2-4H,5H2,1H3,(H,14,17). The first-order chi connectivity index (χ1) is 9.58. The van der Waals surface area contributed by atoms with Crippen molar-refractivity contribution in [1.29, 1.82) is 0 Å². The summed E-state index contributed by atoms with van der Waals surface area (Å²) in [6.07, 6.45) is 1.88. The van der Waals surface area contributed by atoms with Gasteiger partial charge in [0.1, 0.15) is 11.6 Å². The summed E-state index contributed by atoms with van der Waals surface area (Å²) >= 11 is 4.04. The molecular weight excluding hydrogens is 324 g/mol. The molecular formula is C11H9F2N3OS3. The molecule has 0 unspecified atom stereocenters. The van der Waals surface area contributed by atoms with Gasteiger partial charge in [0.2, 0.25) is 5.91 Å². The van der Waals surface area contributed by atoms with Gasteiger partial charge in [-0.1, -0.05) is 34.9 Å². The number of hydrogen-bond acceptors (Lipinski definition) is 6. The van der Waals surface area contributed by atoms with Crippen LogP contribution in [0, 0.1) is 11.6 Å². The molecule has 0 radical (unpaired) electrons. The number of thioether (sulfide) groups is 2. The van der Waals surface area contributed by atoms with Crippen molar-refractivity contribution in [2.24, 2.45) is 0 Å². The first-order valence-corrected chi connectivity index (χ1v) is 8.36. The zero-order valence-corrected chi connectivity index (χ0v) is 12.7. The second-order valence-corrected chi connectivity index (χ2v) is 6.75. The van der Waals surface area contributed by atoms with Gasteiger partial charge in [-0.25, -0.2) is 8.78 Å². The third kappa shape index (κ3) is 4.15. The molecule has 1 amide bonds. The zero-order chi connectivity index (χ0) is 14.5. The molecule has 0 atom stereocenters. The fraction of sp³-hybridized carbons (Fsp3) is 0.182. The van der Waals surface area contributed by atoms with Gasteiger partial charge in [0.25, 0.3) is 0 Å². The van der Waals surface area contributed by atoms with Gasteiger partial charge in [-0.05, 0) is 18.4 Å². The van der Waals surface area contributed by atoms with E-state index in [4.69, 9.17) is 0 Å². The van der Waals surface area contributed by atoms with Gasteiger partial charge in [-0.15, -0.1) is 10.2 Å². The van der Waals surface area contributed by atoms with Crippen molar-refractivity contribution in [1.82, 2.24) is 10.2 Å². The van der Waals surface area contributed by atoms with Crippen molar-refractivity contribution in [2.75, 3.05) is 17.3 Å². The molecule has 0 bridgehead atoms. The van der Waals surface area contributed by atoms with E-state index < -0.39 is 17.5 Å². The predicted molar refractivity (Wildman–Crippen MR) is 77.4 cm³/mol. The van der Waals surface area contributed by atoms with Crippen molar-refractivity contribution in [3.8, 4) is 0 Å². The molecule has 1 N–H and O–H groups in total. The molecule has 2 rings (SSSR count). The number of amides is 1. The minimum absolute atomic E-state index is 0.0545. The second-order valence-electron chi connectivity index (χ2n) is 3.50. The summed E-state index contributed by atoms with van der Waals surface area (Å²) in [4.78, 5) is 11.7. The molecule has 1 aromatic carbocycles. The van der Waals surface area contributed by atoms with Crippen LogP contribution in [0.2, 0.25) is 0 Å². The van der Waals surface area contributed by atoms with Crippen LogP contribution in [0.5, 0.6) is 0 Å². The highest BCUT2D eigenvalue weighted by molar-refractivity contribution is 8.03. The molecule has 0 aliphatic heterocycles. The van der Waals surface area contributed by atoms with E-state index in [2.05, 4.69) is 15.5 Å². The summed E-state index contributed by atoms with van der Waals surface area (Å²) < 4.78 is 27.7. The maximum Gasteiger partial charge on any atom is 0.234 e. The van der Waals surface area contributed by atoms with Crippen LogP contribution >= 0.6 is 34.9 Å². The van der Waals surface area contributed by atoms with E-state index in [1.54, 1.807) is 0 Å². The summed E-state index contributed by atoms with van der Waals surface area (Å²) in [5.41, 5.74) is -0.169. The number of carbonyl (C=O) groups is 1. The van der Waals surface area contributed by atoms with Gasteiger partial charge >= 0.3 is 0 Å². The van der Waals surface area contributed by atoms with E-state index in [0.717, 1.165) is 22.5 Å². The summed E-state index contributed by atoms with van der Waals surface area (Å²) in [7, 11) is 0. The first kappa shape index (κ1) is 15.2. The van der Waals surface area contributed by atoms with Crippen molar-refractivity contribution >= 4 is 46.5 Å². The third-order valence-corrected chi connectivity index (χ3v) is 5.12. The van der Waals surface area contributed by atoms with Gasteiger partial charge < -0.3 is 5.32 Å². The Morgan fingerprint density at radius 2 is 2.10 bits per heavy atom. The summed E-state index contributed by atoms with van der Waals surface area (Å²) in [5, 5.41) is 10.1. The lowest BCUT2D eigenvalue weighted by molar-refractivity contribution is -0.113. The van der Waals surface area contributed by atoms with Crippen LogP contribution in [0.15, 0.2) is 26.9 Å². The lowest BCUT2D eigenvalue weighted by atomic mass is 10.3. The second kappa shape index (κ2) is 7.00. The van der Waals surface area contributed by atoms with Crippen LogP contribution in [0.1, 0.15) is 0 Å². The molecule has 9 heteroatoms. The van der Waals surface area contributed by atoms with Crippen molar-refractivity contribution < 1.29 is 13.6 Å². The highest BCUT2D eigenvalue weighted by Crippen LogP contribution is 2.27. The molecule has 0 saturated heterocycles. The number of nitrogens with one attached hydrogen (secondary N) is 1. The minimum atomic E-state index is -0.676. The van der Waals surface area contributed by atoms with Crippen LogP contribution in [0.4, 0.5) is 14.5 Å². The maximum atomic E-state index is 13.3. The number of benzene rings is 1. The zero-order valence-electron chi connectivity index (χ0n) is 10.2. The van der Waals surface area contributed by atoms with Crippen LogP contribution < -0.4 is 5.32 Å². The van der Waals surface area contributed by atoms with Gasteiger partial charge in [0.05, 0.1) is 11.4 Å². The Hall–Kier alpha value is -1.19. The van der Waals surface area contributed by atoms with E-state index in [1.807, 2.05) is 6.26 Å². The molecule has 0 spiro atoms. The average molecular weight is 333 g/mol. The molecule has 2 aromatic rings. The average Bonchev–Trinajstić information content (AvgIpc) is 2.89. The molecule has 106 valence electrons. The molecule has 0 aliphatic carbocycles. The molecule has 0 fully saturated rings. The number of carbonyl (C=O) groups excluding carboxylic acids is 1. The smallest absolute Gasteiger partial charge is 0.234 e. The quantitative estimate of drug-likeness (QED) is 0.851. The third-order valence-electron chi connectivity index (χ3n) is 2.09. The van der Waals surface area contributed by atoms with E-state index in [1.165, 1.54) is 34.9 Å². The lowest BCUT2D eigenvalue weighted by Gasteiger charge is -2.05. The van der Waals surface area contributed by atoms with Gasteiger partial charge in [-0.3, -0.25) is 4.79 Å². The number of hydrogen-bond donors (Lipinski definition) is 1. The van der Waals surface area contributed by atoms with Gasteiger partial charge in [0.15, 0.2) is 8.68 Å². The molecule has 1 aromatic heterocycles. The van der Waals surface area contributed by atoms with E-state index in [-0.39, 0.29) is 11.4 Å². The Morgan fingerprint density at radius 1 is 1.35 bits per heavy atom. The number of halogens is 2. The molecule has 4 nitrogen and oxygen atoms in total. The number of nitrogens with zero attached hydrogens (tertiary/aromatic N) is 2. The van der Waals surface area contributed by atoms with Crippen LogP contribution in [-0.2, 0) is 4.79 Å². The van der Waals surface area contributed by atoms with Crippen LogP contribution in [-0.4, -0.2) is 28.1 Å². The fourth-order valence-corrected chi connectivity index (χ4v) is 3.48. The first-order valence-electron chi connectivity index (χ1n) is 5.33. The van der Waals surface area contributed by atoms with Crippen molar-refractivity contribution in [2.45, 2.75) is 8.68 Å². The Balaban J connectivity index is 1.90. The molecule has 0 aliphatic rings. The van der Waals surface area contributed by atoms with E-state index in [9.17, 15) is 13.6 Å². The SMILES string of the molecule is CSc1nnc(SCC(=O)Nc2cc(F)ccc2F)s1. The minimum Gasteiger partial charge on any atom is -0.323 e. The highest BCUT2D eigenvalue weighted by atomic mass is 32.2. The largest absolute Gasteiger partial charge is 0.323 e. The number of aromatic nitrogens is 2. The lowest BCUT2D eigenvalue weighted by Crippen LogP contribution is -2.15. The van der Waals surface area contributed by atoms with Gasteiger partial charge in [0, 0.05) is 6.07 Å². The Kier molecular flexibility index (Phi) is 5.32. The van der Waals surface area contributed by atoms with Crippen molar-refractivity contribution in [3.63, 3.8) is 0 Å². The highest BCUT2D eigenvalue weighted by Gasteiger charge is 2.10. The Bertz CT molecular complexity index is 621. The number of rotatable bonds is 5. The molecule has 0 saturated carbocycles. The molecule has 20 heavy (non-hydrogen) atoms. The van der Waals surface area contributed by atoms with Crippen molar-refractivity contribution in [3.05, 3.63) is 29.8 Å². The fourth-order valence-electron chi connectivity index (χ4n) is 1.24. The summed E-state index contributed by atoms with van der Waals surface area (Å²) in [5.74, 6) is -1.66. The number of anilines is 1. The topological polar surface area (TPSA) is 54.9 Å².